The Kier molecular flexibility index (Phi) is 4.83. The lowest BCUT2D eigenvalue weighted by Crippen LogP contribution is -2.06. The summed E-state index contributed by atoms with van der Waals surface area (Å²) in [6.07, 6.45) is -0.0399. The molecule has 0 saturated carbocycles. The lowest BCUT2D eigenvalue weighted by atomic mass is 10.1. The van der Waals surface area contributed by atoms with Crippen molar-refractivity contribution in [3.05, 3.63) is 46.2 Å². The number of ether oxygens (including phenoxy) is 1. The van der Waals surface area contributed by atoms with Gasteiger partial charge in [0.1, 0.15) is 27.4 Å². The van der Waals surface area contributed by atoms with Crippen LogP contribution in [0.2, 0.25) is 0 Å². The molecule has 25 heavy (non-hydrogen) atoms. The first-order valence-electron chi connectivity index (χ1n) is 7.48. The predicted octanol–water partition coefficient (Wildman–Crippen LogP) is 4.90. The summed E-state index contributed by atoms with van der Waals surface area (Å²) in [5.41, 5.74) is 1.56. The normalized spacial score (nSPS) is 10.6. The Hall–Kier alpha value is -2.69. The van der Waals surface area contributed by atoms with Crippen molar-refractivity contribution in [3.63, 3.8) is 0 Å². The first-order valence-corrected chi connectivity index (χ1v) is 9.18. The van der Waals surface area contributed by atoms with Crippen LogP contribution in [0.1, 0.15) is 29.1 Å². The van der Waals surface area contributed by atoms with Crippen molar-refractivity contribution in [1.29, 1.82) is 5.26 Å². The highest BCUT2D eigenvalue weighted by molar-refractivity contribution is 7.18. The molecule has 0 amide bonds. The molecule has 2 heterocycles. The zero-order valence-corrected chi connectivity index (χ0v) is 15.1. The molecule has 126 valence electrons. The number of carboxylic acid groups (broad SMARTS) is 1. The number of aromatic nitrogens is 1. The van der Waals surface area contributed by atoms with E-state index in [1.807, 2.05) is 31.4 Å². The molecule has 3 rings (SSSR count). The van der Waals surface area contributed by atoms with Gasteiger partial charge in [-0.2, -0.15) is 5.26 Å². The van der Waals surface area contributed by atoms with Crippen LogP contribution in [0.25, 0.3) is 21.1 Å². The summed E-state index contributed by atoms with van der Waals surface area (Å²) in [4.78, 5) is 17.1. The maximum absolute atomic E-state index is 11.6. The molecule has 0 aliphatic heterocycles. The maximum Gasteiger partial charge on any atom is 0.348 e. The van der Waals surface area contributed by atoms with E-state index in [4.69, 9.17) is 4.74 Å². The molecule has 0 radical (unpaired) electrons. The van der Waals surface area contributed by atoms with Gasteiger partial charge < -0.3 is 9.84 Å². The Morgan fingerprint density at radius 3 is 2.76 bits per heavy atom. The van der Waals surface area contributed by atoms with Crippen LogP contribution in [0.15, 0.2) is 35.7 Å². The molecule has 0 aliphatic rings. The number of thiazole rings is 1. The third-order valence-electron chi connectivity index (χ3n) is 3.29. The number of rotatable bonds is 5. The average Bonchev–Trinajstić information content (AvgIpc) is 3.23. The van der Waals surface area contributed by atoms with Crippen LogP contribution in [-0.2, 0) is 0 Å². The summed E-state index contributed by atoms with van der Waals surface area (Å²) in [5, 5.41) is 21.3. The summed E-state index contributed by atoms with van der Waals surface area (Å²) in [6.45, 7) is 3.78. The number of hydrogen-bond donors (Lipinski definition) is 1. The smallest absolute Gasteiger partial charge is 0.348 e. The zero-order chi connectivity index (χ0) is 18.0. The molecular formula is C18H14N2O3S2. The van der Waals surface area contributed by atoms with Crippen molar-refractivity contribution < 1.29 is 14.6 Å². The first-order chi connectivity index (χ1) is 12.0. The summed E-state index contributed by atoms with van der Waals surface area (Å²) in [7, 11) is 0. The van der Waals surface area contributed by atoms with Crippen LogP contribution >= 0.6 is 22.7 Å². The van der Waals surface area contributed by atoms with Crippen LogP contribution < -0.4 is 4.74 Å². The number of thiophene rings is 1. The fourth-order valence-corrected chi connectivity index (χ4v) is 3.98. The van der Waals surface area contributed by atoms with E-state index in [9.17, 15) is 15.2 Å². The van der Waals surface area contributed by atoms with E-state index in [1.165, 1.54) is 11.3 Å². The lowest BCUT2D eigenvalue weighted by molar-refractivity contribution is 0.0702. The highest BCUT2D eigenvalue weighted by atomic mass is 32.1. The monoisotopic (exact) mass is 370 g/mol. The molecular weight excluding hydrogens is 356 g/mol. The highest BCUT2D eigenvalue weighted by Crippen LogP contribution is 2.37. The van der Waals surface area contributed by atoms with Gasteiger partial charge in [0.05, 0.1) is 16.5 Å². The van der Waals surface area contributed by atoms with Crippen molar-refractivity contribution in [3.8, 4) is 33.0 Å². The number of aromatic carboxylic acids is 1. The zero-order valence-electron chi connectivity index (χ0n) is 13.5. The molecule has 0 bridgehead atoms. The molecule has 7 heteroatoms. The third kappa shape index (κ3) is 3.55. The molecule has 1 aromatic carbocycles. The Morgan fingerprint density at radius 1 is 1.36 bits per heavy atom. The van der Waals surface area contributed by atoms with Crippen molar-refractivity contribution >= 4 is 28.6 Å². The maximum atomic E-state index is 11.6. The van der Waals surface area contributed by atoms with Crippen LogP contribution in [0.3, 0.4) is 0 Å². The van der Waals surface area contributed by atoms with Gasteiger partial charge in [0, 0.05) is 5.56 Å². The van der Waals surface area contributed by atoms with E-state index in [0.717, 1.165) is 16.2 Å². The van der Waals surface area contributed by atoms with Crippen LogP contribution in [-0.4, -0.2) is 22.2 Å². The minimum Gasteiger partial charge on any atom is -0.490 e. The largest absolute Gasteiger partial charge is 0.490 e. The van der Waals surface area contributed by atoms with E-state index < -0.39 is 5.97 Å². The van der Waals surface area contributed by atoms with E-state index in [0.29, 0.717) is 27.6 Å². The summed E-state index contributed by atoms with van der Waals surface area (Å²) in [6, 6.07) is 11.0. The van der Waals surface area contributed by atoms with E-state index >= 15 is 0 Å². The van der Waals surface area contributed by atoms with Crippen molar-refractivity contribution in [1.82, 2.24) is 4.98 Å². The standard InChI is InChI=1S/C18H14N2O3S2/c1-10(2)23-13-6-5-11(8-12(13)9-19)17-20-15(14-4-3-7-24-14)16(25-17)18(21)22/h3-8,10H,1-2H3,(H,21,22). The second-order valence-corrected chi connectivity index (χ2v) is 7.42. The average molecular weight is 370 g/mol. The van der Waals surface area contributed by atoms with E-state index in [1.54, 1.807) is 18.2 Å². The SMILES string of the molecule is CC(C)Oc1ccc(-c2nc(-c3cccs3)c(C(=O)O)s2)cc1C#N. The van der Waals surface area contributed by atoms with Crippen molar-refractivity contribution in [2.24, 2.45) is 0 Å². The van der Waals surface area contributed by atoms with Gasteiger partial charge in [-0.15, -0.1) is 22.7 Å². The summed E-state index contributed by atoms with van der Waals surface area (Å²) < 4.78 is 5.62. The molecule has 0 atom stereocenters. The lowest BCUT2D eigenvalue weighted by Gasteiger charge is -2.11. The number of benzene rings is 1. The quantitative estimate of drug-likeness (QED) is 0.691. The Balaban J connectivity index is 2.07. The van der Waals surface area contributed by atoms with Crippen LogP contribution in [0, 0.1) is 11.3 Å². The number of hydrogen-bond acceptors (Lipinski definition) is 6. The van der Waals surface area contributed by atoms with Gasteiger partial charge in [-0.3, -0.25) is 0 Å². The summed E-state index contributed by atoms with van der Waals surface area (Å²) in [5.74, 6) is -0.498. The molecule has 0 unspecified atom stereocenters. The molecule has 5 nitrogen and oxygen atoms in total. The number of carbonyl (C=O) groups is 1. The minimum absolute atomic E-state index is 0.0399. The Morgan fingerprint density at radius 2 is 2.16 bits per heavy atom. The minimum atomic E-state index is -1.01. The highest BCUT2D eigenvalue weighted by Gasteiger charge is 2.21. The van der Waals surface area contributed by atoms with Gasteiger partial charge in [0.2, 0.25) is 0 Å². The summed E-state index contributed by atoms with van der Waals surface area (Å²) >= 11 is 2.55. The fraction of sp³-hybridized carbons (Fsp3) is 0.167. The van der Waals surface area contributed by atoms with Crippen molar-refractivity contribution in [2.75, 3.05) is 0 Å². The van der Waals surface area contributed by atoms with E-state index in [2.05, 4.69) is 11.1 Å². The number of nitriles is 1. The molecule has 0 aliphatic carbocycles. The first kappa shape index (κ1) is 17.1. The number of nitrogens with zero attached hydrogens (tertiary/aromatic N) is 2. The van der Waals surface area contributed by atoms with Crippen LogP contribution in [0.5, 0.6) is 5.75 Å². The van der Waals surface area contributed by atoms with E-state index in [-0.39, 0.29) is 11.0 Å². The molecule has 1 N–H and O–H groups in total. The molecule has 0 fully saturated rings. The second-order valence-electron chi connectivity index (χ2n) is 5.47. The molecule has 0 spiro atoms. The van der Waals surface area contributed by atoms with Crippen LogP contribution in [0.4, 0.5) is 0 Å². The van der Waals surface area contributed by atoms with Gasteiger partial charge in [-0.25, -0.2) is 9.78 Å². The van der Waals surface area contributed by atoms with Gasteiger partial charge >= 0.3 is 5.97 Å². The third-order valence-corrected chi connectivity index (χ3v) is 5.25. The second kappa shape index (κ2) is 7.05. The topological polar surface area (TPSA) is 83.2 Å². The van der Waals surface area contributed by atoms with Gasteiger partial charge in [-0.05, 0) is 43.5 Å². The predicted molar refractivity (Wildman–Crippen MR) is 98.3 cm³/mol. The molecule has 3 aromatic rings. The van der Waals surface area contributed by atoms with Gasteiger partial charge in [0.25, 0.3) is 0 Å². The molecule has 2 aromatic heterocycles. The number of carboxylic acids is 1. The Labute approximate surface area is 152 Å². The van der Waals surface area contributed by atoms with Gasteiger partial charge in [-0.1, -0.05) is 6.07 Å². The van der Waals surface area contributed by atoms with Crippen molar-refractivity contribution in [2.45, 2.75) is 20.0 Å². The molecule has 0 saturated heterocycles. The fourth-order valence-electron chi connectivity index (χ4n) is 2.28. The van der Waals surface area contributed by atoms with Gasteiger partial charge in [0.15, 0.2) is 0 Å². The Bertz CT molecular complexity index is 953.